The van der Waals surface area contributed by atoms with Crippen molar-refractivity contribution in [2.45, 2.75) is 78.2 Å². The van der Waals surface area contributed by atoms with Crippen LogP contribution in [0.1, 0.15) is 70.9 Å². The number of aromatic hydroxyl groups is 2. The maximum Gasteiger partial charge on any atom is 0.122 e. The number of phenols is 2. The third-order valence-electron chi connectivity index (χ3n) is 5.54. The Balaban J connectivity index is 2.21. The Hall–Kier alpha value is -1.48. The normalized spacial score (nSPS) is 21.2. The monoisotopic (exact) mass is 346 g/mol. The topological polar surface area (TPSA) is 60.7 Å². The van der Waals surface area contributed by atoms with E-state index in [0.29, 0.717) is 12.0 Å². The van der Waals surface area contributed by atoms with E-state index in [1.807, 2.05) is 13.8 Å². The molecule has 2 atom stereocenters. The minimum atomic E-state index is -0.771. The number of hydrogen-bond donors (Lipinski definition) is 3. The molecular weight excluding hydrogens is 312 g/mol. The van der Waals surface area contributed by atoms with E-state index in [4.69, 9.17) is 0 Å². The highest BCUT2D eigenvalue weighted by Crippen LogP contribution is 2.41. The summed E-state index contributed by atoms with van der Waals surface area (Å²) in [6, 6.07) is 3.59. The minimum absolute atomic E-state index is 0.122. The maximum absolute atomic E-state index is 10.5. The van der Waals surface area contributed by atoms with Crippen molar-refractivity contribution < 1.29 is 15.3 Å². The first-order chi connectivity index (χ1) is 11.7. The average Bonchev–Trinajstić information content (AvgIpc) is 2.50. The molecule has 0 bridgehead atoms. The summed E-state index contributed by atoms with van der Waals surface area (Å²) in [4.78, 5) is 0. The molecule has 1 aliphatic carbocycles. The van der Waals surface area contributed by atoms with Gasteiger partial charge in [0.2, 0.25) is 0 Å². The first-order valence-electron chi connectivity index (χ1n) is 9.65. The summed E-state index contributed by atoms with van der Waals surface area (Å²) in [6.07, 6.45) is 8.96. The van der Waals surface area contributed by atoms with Crippen molar-refractivity contribution in [2.24, 2.45) is 11.8 Å². The fourth-order valence-corrected chi connectivity index (χ4v) is 4.11. The summed E-state index contributed by atoms with van der Waals surface area (Å²) in [7, 11) is 0. The Morgan fingerprint density at radius 2 is 1.76 bits per heavy atom. The lowest BCUT2D eigenvalue weighted by atomic mass is 9.70. The van der Waals surface area contributed by atoms with E-state index in [0.717, 1.165) is 44.1 Å². The van der Waals surface area contributed by atoms with Gasteiger partial charge in [0.15, 0.2) is 0 Å². The van der Waals surface area contributed by atoms with Crippen molar-refractivity contribution in [3.63, 3.8) is 0 Å². The van der Waals surface area contributed by atoms with Gasteiger partial charge in [0.1, 0.15) is 11.5 Å². The quantitative estimate of drug-likeness (QED) is 0.474. The first-order valence-corrected chi connectivity index (χ1v) is 9.65. The zero-order valence-electron chi connectivity index (χ0n) is 16.2. The van der Waals surface area contributed by atoms with Gasteiger partial charge >= 0.3 is 0 Å². The fraction of sp³-hybridized carbons (Fsp3) is 0.636. The molecule has 3 heteroatoms. The van der Waals surface area contributed by atoms with Gasteiger partial charge in [-0.3, -0.25) is 0 Å². The van der Waals surface area contributed by atoms with Crippen LogP contribution >= 0.6 is 0 Å². The van der Waals surface area contributed by atoms with Crippen LogP contribution in [0.15, 0.2) is 23.8 Å². The number of unbranched alkanes of at least 4 members (excludes halogenated alkanes) is 2. The molecule has 140 valence electrons. The molecule has 0 spiro atoms. The number of aryl methyl sites for hydroxylation is 1. The van der Waals surface area contributed by atoms with Crippen LogP contribution in [0.2, 0.25) is 0 Å². The second kappa shape index (κ2) is 8.27. The number of benzene rings is 1. The molecule has 0 fully saturated rings. The maximum atomic E-state index is 10.5. The Bertz CT molecular complexity index is 587. The van der Waals surface area contributed by atoms with Crippen LogP contribution in [0.3, 0.4) is 0 Å². The molecule has 25 heavy (non-hydrogen) atoms. The van der Waals surface area contributed by atoms with Gasteiger partial charge in [-0.1, -0.05) is 31.4 Å². The summed E-state index contributed by atoms with van der Waals surface area (Å²) < 4.78 is 0. The Kier molecular flexibility index (Phi) is 6.56. The zero-order valence-corrected chi connectivity index (χ0v) is 16.2. The molecule has 0 heterocycles. The Labute approximate surface area is 152 Å². The van der Waals surface area contributed by atoms with Crippen molar-refractivity contribution in [1.29, 1.82) is 0 Å². The lowest BCUT2D eigenvalue weighted by Gasteiger charge is -2.38. The predicted octanol–water partition coefficient (Wildman–Crippen LogP) is 5.12. The van der Waals surface area contributed by atoms with Gasteiger partial charge in [0, 0.05) is 5.56 Å². The van der Waals surface area contributed by atoms with Crippen molar-refractivity contribution in [3.8, 4) is 11.5 Å². The van der Waals surface area contributed by atoms with Crippen LogP contribution in [-0.2, 0) is 12.8 Å². The standard InChI is InChI=1S/C22H34O3/c1-5-6-7-8-16-12-20(23)18(21(24)13-16)14-17-11-15(2)9-10-19(17)22(3,4)25/h11-13,17,19,23-25H,5-10,14H2,1-4H3. The number of hydrogen-bond acceptors (Lipinski definition) is 3. The number of phenolic OH excluding ortho intramolecular Hbond substituents is 2. The summed E-state index contributed by atoms with van der Waals surface area (Å²) in [5.74, 6) is 0.603. The Morgan fingerprint density at radius 1 is 1.12 bits per heavy atom. The number of rotatable bonds is 7. The minimum Gasteiger partial charge on any atom is -0.508 e. The molecule has 0 saturated carbocycles. The molecule has 1 aliphatic rings. The average molecular weight is 347 g/mol. The first kappa shape index (κ1) is 19.8. The van der Waals surface area contributed by atoms with Crippen LogP contribution in [0, 0.1) is 11.8 Å². The molecule has 0 aromatic heterocycles. The van der Waals surface area contributed by atoms with Crippen LogP contribution in [-0.4, -0.2) is 20.9 Å². The Morgan fingerprint density at radius 3 is 2.32 bits per heavy atom. The molecule has 3 nitrogen and oxygen atoms in total. The van der Waals surface area contributed by atoms with Gasteiger partial charge < -0.3 is 15.3 Å². The summed E-state index contributed by atoms with van der Waals surface area (Å²) >= 11 is 0. The van der Waals surface area contributed by atoms with Crippen LogP contribution in [0.4, 0.5) is 0 Å². The SMILES string of the molecule is CCCCCc1cc(O)c(CC2C=C(C)CCC2C(C)(C)O)c(O)c1. The summed E-state index contributed by atoms with van der Waals surface area (Å²) in [5.41, 5.74) is 2.14. The smallest absolute Gasteiger partial charge is 0.122 e. The van der Waals surface area contributed by atoms with Crippen molar-refractivity contribution in [2.75, 3.05) is 0 Å². The van der Waals surface area contributed by atoms with Crippen LogP contribution in [0.5, 0.6) is 11.5 Å². The molecule has 2 rings (SSSR count). The highest BCUT2D eigenvalue weighted by atomic mass is 16.3. The molecule has 3 N–H and O–H groups in total. The molecule has 0 aliphatic heterocycles. The molecule has 0 amide bonds. The second-order valence-corrected chi connectivity index (χ2v) is 8.25. The highest BCUT2D eigenvalue weighted by Gasteiger charge is 2.35. The van der Waals surface area contributed by atoms with Crippen LogP contribution < -0.4 is 0 Å². The van der Waals surface area contributed by atoms with E-state index in [1.54, 1.807) is 12.1 Å². The van der Waals surface area contributed by atoms with E-state index < -0.39 is 5.60 Å². The summed E-state index contributed by atoms with van der Waals surface area (Å²) in [6.45, 7) is 7.99. The fourth-order valence-electron chi connectivity index (χ4n) is 4.11. The second-order valence-electron chi connectivity index (χ2n) is 8.25. The van der Waals surface area contributed by atoms with Gasteiger partial charge in [0.05, 0.1) is 5.60 Å². The number of aliphatic hydroxyl groups is 1. The molecule has 1 aromatic carbocycles. The molecule has 0 saturated heterocycles. The van der Waals surface area contributed by atoms with E-state index in [2.05, 4.69) is 19.9 Å². The lowest BCUT2D eigenvalue weighted by molar-refractivity contribution is -0.00830. The third kappa shape index (κ3) is 5.24. The molecule has 1 aromatic rings. The zero-order chi connectivity index (χ0) is 18.6. The van der Waals surface area contributed by atoms with Crippen LogP contribution in [0.25, 0.3) is 0 Å². The van der Waals surface area contributed by atoms with Crippen molar-refractivity contribution >= 4 is 0 Å². The van der Waals surface area contributed by atoms with Gasteiger partial charge in [-0.2, -0.15) is 0 Å². The molecular formula is C22H34O3. The van der Waals surface area contributed by atoms with Crippen molar-refractivity contribution in [3.05, 3.63) is 34.9 Å². The van der Waals surface area contributed by atoms with Crippen molar-refractivity contribution in [1.82, 2.24) is 0 Å². The predicted molar refractivity (Wildman–Crippen MR) is 103 cm³/mol. The van der Waals surface area contributed by atoms with Gasteiger partial charge in [0.25, 0.3) is 0 Å². The molecule has 2 unspecified atom stereocenters. The van der Waals surface area contributed by atoms with E-state index in [1.165, 1.54) is 5.57 Å². The van der Waals surface area contributed by atoms with Gasteiger partial charge in [-0.15, -0.1) is 0 Å². The van der Waals surface area contributed by atoms with Gasteiger partial charge in [-0.05, 0) is 82.4 Å². The lowest BCUT2D eigenvalue weighted by Crippen LogP contribution is -2.38. The van der Waals surface area contributed by atoms with E-state index in [9.17, 15) is 15.3 Å². The van der Waals surface area contributed by atoms with E-state index in [-0.39, 0.29) is 23.3 Å². The largest absolute Gasteiger partial charge is 0.508 e. The highest BCUT2D eigenvalue weighted by molar-refractivity contribution is 5.47. The summed E-state index contributed by atoms with van der Waals surface area (Å²) in [5, 5.41) is 31.5. The van der Waals surface area contributed by atoms with E-state index >= 15 is 0 Å². The number of allylic oxidation sites excluding steroid dienone is 2. The molecule has 0 radical (unpaired) electrons. The van der Waals surface area contributed by atoms with Gasteiger partial charge in [-0.25, -0.2) is 0 Å². The third-order valence-corrected chi connectivity index (χ3v) is 5.54.